The van der Waals surface area contributed by atoms with E-state index < -0.39 is 0 Å². The van der Waals surface area contributed by atoms with Crippen LogP contribution in [0.25, 0.3) is 0 Å². The minimum absolute atomic E-state index is 0.0638. The van der Waals surface area contributed by atoms with Crippen molar-refractivity contribution in [2.75, 3.05) is 36.5 Å². The summed E-state index contributed by atoms with van der Waals surface area (Å²) in [7, 11) is 0. The fourth-order valence-corrected chi connectivity index (χ4v) is 3.24. The molecule has 2 aromatic carbocycles. The first-order chi connectivity index (χ1) is 12.7. The van der Waals surface area contributed by atoms with Crippen molar-refractivity contribution >= 4 is 28.9 Å². The molecule has 3 rings (SSSR count). The SMILES string of the molecule is N#Cc1ccc(CCC(=O)Nc2cccc(Cl)c2N2CCOCC2)cc1. The maximum absolute atomic E-state index is 12.4. The lowest BCUT2D eigenvalue weighted by Crippen LogP contribution is -2.37. The number of anilines is 2. The highest BCUT2D eigenvalue weighted by Crippen LogP contribution is 2.34. The molecular weight excluding hydrogens is 350 g/mol. The number of morpholine rings is 1. The molecule has 26 heavy (non-hydrogen) atoms. The normalized spacial score (nSPS) is 13.9. The Bertz CT molecular complexity index is 809. The summed E-state index contributed by atoms with van der Waals surface area (Å²) < 4.78 is 5.39. The number of carbonyl (C=O) groups is 1. The topological polar surface area (TPSA) is 65.4 Å². The molecule has 5 nitrogen and oxygen atoms in total. The van der Waals surface area contributed by atoms with Gasteiger partial charge in [-0.3, -0.25) is 4.79 Å². The third kappa shape index (κ3) is 4.54. The third-order valence-electron chi connectivity index (χ3n) is 4.31. The Kier molecular flexibility index (Phi) is 6.11. The fraction of sp³-hybridized carbons (Fsp3) is 0.300. The molecule has 0 bridgehead atoms. The second-order valence-electron chi connectivity index (χ2n) is 6.09. The number of halogens is 1. The van der Waals surface area contributed by atoms with Gasteiger partial charge < -0.3 is 15.0 Å². The van der Waals surface area contributed by atoms with Crippen molar-refractivity contribution in [2.24, 2.45) is 0 Å². The van der Waals surface area contributed by atoms with Crippen LogP contribution < -0.4 is 10.2 Å². The molecule has 1 aliphatic heterocycles. The van der Waals surface area contributed by atoms with Crippen LogP contribution in [-0.4, -0.2) is 32.2 Å². The molecule has 2 aromatic rings. The molecule has 0 spiro atoms. The highest BCUT2D eigenvalue weighted by atomic mass is 35.5. The van der Waals surface area contributed by atoms with Gasteiger partial charge in [-0.15, -0.1) is 0 Å². The molecule has 1 amide bonds. The molecule has 0 radical (unpaired) electrons. The van der Waals surface area contributed by atoms with Crippen molar-refractivity contribution in [3.63, 3.8) is 0 Å². The Morgan fingerprint density at radius 1 is 1.19 bits per heavy atom. The number of para-hydroxylation sites is 1. The van der Waals surface area contributed by atoms with Gasteiger partial charge in [0.25, 0.3) is 0 Å². The van der Waals surface area contributed by atoms with Gasteiger partial charge in [-0.05, 0) is 36.2 Å². The molecule has 0 aromatic heterocycles. The fourth-order valence-electron chi connectivity index (χ4n) is 2.94. The summed E-state index contributed by atoms with van der Waals surface area (Å²) in [6, 6.07) is 14.9. The Morgan fingerprint density at radius 2 is 1.92 bits per heavy atom. The largest absolute Gasteiger partial charge is 0.378 e. The number of nitriles is 1. The number of rotatable bonds is 5. The lowest BCUT2D eigenvalue weighted by Gasteiger charge is -2.31. The number of carbonyl (C=O) groups excluding carboxylic acids is 1. The monoisotopic (exact) mass is 369 g/mol. The molecule has 1 saturated heterocycles. The number of benzene rings is 2. The van der Waals surface area contributed by atoms with Crippen molar-refractivity contribution in [1.82, 2.24) is 0 Å². The van der Waals surface area contributed by atoms with Crippen molar-refractivity contribution < 1.29 is 9.53 Å². The first kappa shape index (κ1) is 18.2. The highest BCUT2D eigenvalue weighted by molar-refractivity contribution is 6.34. The number of aryl methyl sites for hydroxylation is 1. The highest BCUT2D eigenvalue weighted by Gasteiger charge is 2.19. The molecular formula is C20H20ClN3O2. The van der Waals surface area contributed by atoms with Crippen molar-refractivity contribution in [1.29, 1.82) is 5.26 Å². The zero-order valence-electron chi connectivity index (χ0n) is 14.4. The number of nitrogens with one attached hydrogen (secondary N) is 1. The van der Waals surface area contributed by atoms with Gasteiger partial charge in [-0.2, -0.15) is 5.26 Å². The predicted molar refractivity (Wildman–Crippen MR) is 103 cm³/mol. The maximum Gasteiger partial charge on any atom is 0.224 e. The van der Waals surface area contributed by atoms with Crippen LogP contribution >= 0.6 is 11.6 Å². The van der Waals surface area contributed by atoms with Gasteiger partial charge in [0.2, 0.25) is 5.91 Å². The lowest BCUT2D eigenvalue weighted by molar-refractivity contribution is -0.116. The minimum atomic E-state index is -0.0638. The summed E-state index contributed by atoms with van der Waals surface area (Å²) in [4.78, 5) is 14.5. The molecule has 0 atom stereocenters. The summed E-state index contributed by atoms with van der Waals surface area (Å²) in [5, 5.41) is 12.4. The van der Waals surface area contributed by atoms with E-state index in [1.807, 2.05) is 30.3 Å². The zero-order valence-corrected chi connectivity index (χ0v) is 15.1. The van der Waals surface area contributed by atoms with Gasteiger partial charge in [0.15, 0.2) is 0 Å². The van der Waals surface area contributed by atoms with E-state index in [-0.39, 0.29) is 5.91 Å². The average molecular weight is 370 g/mol. The standard InChI is InChI=1S/C20H20ClN3O2/c21-17-2-1-3-18(20(17)24-10-12-26-13-11-24)23-19(25)9-8-15-4-6-16(14-22)7-5-15/h1-7H,8-13H2,(H,23,25). The van der Waals surface area contributed by atoms with Gasteiger partial charge in [-0.1, -0.05) is 29.8 Å². The molecule has 0 aliphatic carbocycles. The van der Waals surface area contributed by atoms with Crippen LogP contribution in [0, 0.1) is 11.3 Å². The maximum atomic E-state index is 12.4. The van der Waals surface area contributed by atoms with E-state index in [0.29, 0.717) is 36.6 Å². The van der Waals surface area contributed by atoms with E-state index in [4.69, 9.17) is 21.6 Å². The van der Waals surface area contributed by atoms with E-state index in [0.717, 1.165) is 30.0 Å². The number of hydrogen-bond donors (Lipinski definition) is 1. The van der Waals surface area contributed by atoms with Gasteiger partial charge in [0, 0.05) is 19.5 Å². The molecule has 0 unspecified atom stereocenters. The Hall–Kier alpha value is -2.55. The van der Waals surface area contributed by atoms with Crippen LogP contribution in [0.5, 0.6) is 0 Å². The Balaban J connectivity index is 1.65. The number of nitrogens with zero attached hydrogens (tertiary/aromatic N) is 2. The number of ether oxygens (including phenoxy) is 1. The molecule has 134 valence electrons. The number of hydrogen-bond acceptors (Lipinski definition) is 4. The molecule has 1 heterocycles. The minimum Gasteiger partial charge on any atom is -0.378 e. The zero-order chi connectivity index (χ0) is 18.4. The van der Waals surface area contributed by atoms with Gasteiger partial charge in [0.05, 0.1) is 41.2 Å². The number of amides is 1. The Morgan fingerprint density at radius 3 is 2.62 bits per heavy atom. The van der Waals surface area contributed by atoms with Crippen LogP contribution in [0.3, 0.4) is 0 Å². The quantitative estimate of drug-likeness (QED) is 0.874. The van der Waals surface area contributed by atoms with Crippen molar-refractivity contribution in [3.05, 3.63) is 58.6 Å². The van der Waals surface area contributed by atoms with E-state index in [9.17, 15) is 4.79 Å². The van der Waals surface area contributed by atoms with Gasteiger partial charge in [-0.25, -0.2) is 0 Å². The summed E-state index contributed by atoms with van der Waals surface area (Å²) in [5.41, 5.74) is 3.22. The second-order valence-corrected chi connectivity index (χ2v) is 6.50. The molecule has 1 N–H and O–H groups in total. The van der Waals surface area contributed by atoms with E-state index in [1.54, 1.807) is 12.1 Å². The van der Waals surface area contributed by atoms with E-state index in [2.05, 4.69) is 16.3 Å². The molecule has 1 fully saturated rings. The van der Waals surface area contributed by atoms with Crippen molar-refractivity contribution in [3.8, 4) is 6.07 Å². The van der Waals surface area contributed by atoms with Crippen molar-refractivity contribution in [2.45, 2.75) is 12.8 Å². The van der Waals surface area contributed by atoms with Gasteiger partial charge in [0.1, 0.15) is 0 Å². The summed E-state index contributed by atoms with van der Waals surface area (Å²) in [5.74, 6) is -0.0638. The smallest absolute Gasteiger partial charge is 0.224 e. The van der Waals surface area contributed by atoms with Crippen LogP contribution in [0.4, 0.5) is 11.4 Å². The molecule has 1 aliphatic rings. The summed E-state index contributed by atoms with van der Waals surface area (Å²) in [6.45, 7) is 2.80. The summed E-state index contributed by atoms with van der Waals surface area (Å²) in [6.07, 6.45) is 0.978. The molecule has 6 heteroatoms. The first-order valence-corrected chi connectivity index (χ1v) is 8.95. The summed E-state index contributed by atoms with van der Waals surface area (Å²) >= 11 is 6.39. The van der Waals surface area contributed by atoms with Crippen LogP contribution in [-0.2, 0) is 16.0 Å². The van der Waals surface area contributed by atoms with Crippen LogP contribution in [0.15, 0.2) is 42.5 Å². The average Bonchev–Trinajstić information content (AvgIpc) is 2.67. The second kappa shape index (κ2) is 8.70. The first-order valence-electron chi connectivity index (χ1n) is 8.57. The van der Waals surface area contributed by atoms with E-state index in [1.165, 1.54) is 0 Å². The lowest BCUT2D eigenvalue weighted by atomic mass is 10.1. The van der Waals surface area contributed by atoms with Crippen LogP contribution in [0.1, 0.15) is 17.5 Å². The van der Waals surface area contributed by atoms with Crippen LogP contribution in [0.2, 0.25) is 5.02 Å². The van der Waals surface area contributed by atoms with Gasteiger partial charge >= 0.3 is 0 Å². The Labute approximate surface area is 158 Å². The third-order valence-corrected chi connectivity index (χ3v) is 4.62. The molecule has 0 saturated carbocycles. The van der Waals surface area contributed by atoms with E-state index >= 15 is 0 Å². The predicted octanol–water partition coefficient (Wildman–Crippen LogP) is 3.62.